The quantitative estimate of drug-likeness (QED) is 0.876. The molecule has 4 rings (SSSR count). The van der Waals surface area contributed by atoms with E-state index in [1.807, 2.05) is 24.3 Å². The van der Waals surface area contributed by atoms with E-state index < -0.39 is 10.0 Å². The number of anilines is 1. The number of carbonyl (C=O) groups excluding carboxylic acids is 1. The Balaban J connectivity index is 1.65. The predicted molar refractivity (Wildman–Crippen MR) is 102 cm³/mol. The van der Waals surface area contributed by atoms with Gasteiger partial charge in [-0.2, -0.15) is 4.31 Å². The summed E-state index contributed by atoms with van der Waals surface area (Å²) in [5, 5.41) is 2.79. The van der Waals surface area contributed by atoms with Crippen molar-refractivity contribution in [1.82, 2.24) is 4.31 Å². The number of benzene rings is 2. The van der Waals surface area contributed by atoms with Gasteiger partial charge in [-0.3, -0.25) is 4.79 Å². The van der Waals surface area contributed by atoms with E-state index in [4.69, 9.17) is 4.74 Å². The lowest BCUT2D eigenvalue weighted by atomic mass is 10.0. The summed E-state index contributed by atoms with van der Waals surface area (Å²) in [6.07, 6.45) is 2.57. The third kappa shape index (κ3) is 3.33. The van der Waals surface area contributed by atoms with Crippen LogP contribution >= 0.6 is 0 Å². The Morgan fingerprint density at radius 2 is 1.89 bits per heavy atom. The molecule has 27 heavy (non-hydrogen) atoms. The van der Waals surface area contributed by atoms with Gasteiger partial charge in [0.2, 0.25) is 15.9 Å². The zero-order valence-electron chi connectivity index (χ0n) is 15.1. The zero-order valence-corrected chi connectivity index (χ0v) is 16.0. The number of ether oxygens (including phenoxy) is 1. The summed E-state index contributed by atoms with van der Waals surface area (Å²) >= 11 is 0. The number of methoxy groups -OCH3 is 1. The fraction of sp³-hybridized carbons (Fsp3) is 0.350. The van der Waals surface area contributed by atoms with Crippen LogP contribution in [-0.2, 0) is 21.2 Å². The molecule has 7 heteroatoms. The second kappa shape index (κ2) is 6.98. The fourth-order valence-corrected chi connectivity index (χ4v) is 5.58. The van der Waals surface area contributed by atoms with Crippen molar-refractivity contribution >= 4 is 21.6 Å². The molecule has 1 saturated heterocycles. The number of aryl methyl sites for hydroxylation is 1. The predicted octanol–water partition coefficient (Wildman–Crippen LogP) is 3.11. The van der Waals surface area contributed by atoms with Gasteiger partial charge >= 0.3 is 0 Å². The maximum absolute atomic E-state index is 13.3. The van der Waals surface area contributed by atoms with Gasteiger partial charge in [0.1, 0.15) is 5.75 Å². The maximum atomic E-state index is 13.3. The summed E-state index contributed by atoms with van der Waals surface area (Å²) in [5.74, 6) is 0.722. The van der Waals surface area contributed by atoms with Crippen LogP contribution < -0.4 is 10.1 Å². The number of fused-ring (bicyclic) bond motifs is 1. The van der Waals surface area contributed by atoms with Crippen LogP contribution in [-0.4, -0.2) is 32.3 Å². The van der Waals surface area contributed by atoms with Crippen molar-refractivity contribution < 1.29 is 17.9 Å². The van der Waals surface area contributed by atoms with Gasteiger partial charge in [-0.1, -0.05) is 12.1 Å². The van der Waals surface area contributed by atoms with Crippen molar-refractivity contribution in [2.45, 2.75) is 36.6 Å². The summed E-state index contributed by atoms with van der Waals surface area (Å²) in [4.78, 5) is 11.8. The largest absolute Gasteiger partial charge is 0.497 e. The van der Waals surface area contributed by atoms with E-state index in [9.17, 15) is 13.2 Å². The number of nitrogens with one attached hydrogen (secondary N) is 1. The Morgan fingerprint density at radius 3 is 2.63 bits per heavy atom. The number of hydrogen-bond acceptors (Lipinski definition) is 4. The molecule has 1 amide bonds. The van der Waals surface area contributed by atoms with E-state index in [1.54, 1.807) is 29.6 Å². The maximum Gasteiger partial charge on any atom is 0.243 e. The summed E-state index contributed by atoms with van der Waals surface area (Å²) in [7, 11) is -2.00. The molecular formula is C20H22N2O4S. The molecule has 0 bridgehead atoms. The molecule has 0 aliphatic carbocycles. The molecule has 2 aliphatic heterocycles. The molecule has 0 radical (unpaired) electrons. The fourth-order valence-electron chi connectivity index (χ4n) is 3.84. The van der Waals surface area contributed by atoms with E-state index in [0.29, 0.717) is 25.1 Å². The van der Waals surface area contributed by atoms with Gasteiger partial charge in [-0.15, -0.1) is 0 Å². The SMILES string of the molecule is COc1ccc(C2CCCN2S(=O)(=O)c2ccc3c(c2)CCC(=O)N3)cc1. The van der Waals surface area contributed by atoms with Crippen LogP contribution in [0.4, 0.5) is 5.69 Å². The van der Waals surface area contributed by atoms with Gasteiger partial charge in [0.05, 0.1) is 18.0 Å². The number of sulfonamides is 1. The molecule has 2 aromatic carbocycles. The average molecular weight is 386 g/mol. The molecule has 0 saturated carbocycles. The Kier molecular flexibility index (Phi) is 4.65. The third-order valence-electron chi connectivity index (χ3n) is 5.28. The third-order valence-corrected chi connectivity index (χ3v) is 7.19. The van der Waals surface area contributed by atoms with Crippen LogP contribution in [0.1, 0.15) is 36.4 Å². The lowest BCUT2D eigenvalue weighted by Crippen LogP contribution is -2.31. The highest BCUT2D eigenvalue weighted by molar-refractivity contribution is 7.89. The van der Waals surface area contributed by atoms with Gasteiger partial charge < -0.3 is 10.1 Å². The topological polar surface area (TPSA) is 75.7 Å². The van der Waals surface area contributed by atoms with Gasteiger partial charge in [0.25, 0.3) is 0 Å². The van der Waals surface area contributed by atoms with E-state index in [-0.39, 0.29) is 16.8 Å². The first-order chi connectivity index (χ1) is 13.0. The molecule has 142 valence electrons. The summed E-state index contributed by atoms with van der Waals surface area (Å²) < 4.78 is 33.4. The normalized spacial score (nSPS) is 20.2. The first-order valence-electron chi connectivity index (χ1n) is 9.07. The monoisotopic (exact) mass is 386 g/mol. The Morgan fingerprint density at radius 1 is 1.11 bits per heavy atom. The molecule has 1 fully saturated rings. The lowest BCUT2D eigenvalue weighted by molar-refractivity contribution is -0.116. The molecule has 2 heterocycles. The summed E-state index contributed by atoms with van der Waals surface area (Å²) in [5.41, 5.74) is 2.55. The molecule has 0 spiro atoms. The lowest BCUT2D eigenvalue weighted by Gasteiger charge is -2.25. The highest BCUT2D eigenvalue weighted by atomic mass is 32.2. The Hall–Kier alpha value is -2.38. The minimum absolute atomic E-state index is 0.0304. The Labute approximate surface area is 159 Å². The van der Waals surface area contributed by atoms with Crippen molar-refractivity contribution in [3.8, 4) is 5.75 Å². The second-order valence-electron chi connectivity index (χ2n) is 6.91. The van der Waals surface area contributed by atoms with Crippen molar-refractivity contribution in [3.63, 3.8) is 0 Å². The van der Waals surface area contributed by atoms with Crippen LogP contribution in [0.2, 0.25) is 0 Å². The Bertz CT molecular complexity index is 970. The van der Waals surface area contributed by atoms with Crippen molar-refractivity contribution in [3.05, 3.63) is 53.6 Å². The molecule has 1 N–H and O–H groups in total. The smallest absolute Gasteiger partial charge is 0.243 e. The van der Waals surface area contributed by atoms with Crippen molar-refractivity contribution in [2.24, 2.45) is 0 Å². The van der Waals surface area contributed by atoms with Crippen LogP contribution in [0, 0.1) is 0 Å². The molecule has 0 aromatic heterocycles. The molecule has 2 aliphatic rings. The first-order valence-corrected chi connectivity index (χ1v) is 10.5. The van der Waals surface area contributed by atoms with Crippen LogP contribution in [0.25, 0.3) is 0 Å². The summed E-state index contributed by atoms with van der Waals surface area (Å²) in [6.45, 7) is 0.507. The van der Waals surface area contributed by atoms with E-state index in [0.717, 1.165) is 29.7 Å². The van der Waals surface area contributed by atoms with Crippen LogP contribution in [0.3, 0.4) is 0 Å². The van der Waals surface area contributed by atoms with Crippen molar-refractivity contribution in [2.75, 3.05) is 19.0 Å². The van der Waals surface area contributed by atoms with Gasteiger partial charge in [-0.05, 0) is 60.7 Å². The minimum Gasteiger partial charge on any atom is -0.497 e. The number of nitrogens with zero attached hydrogens (tertiary/aromatic N) is 1. The van der Waals surface area contributed by atoms with E-state index in [2.05, 4.69) is 5.32 Å². The van der Waals surface area contributed by atoms with Gasteiger partial charge in [0.15, 0.2) is 0 Å². The highest BCUT2D eigenvalue weighted by Gasteiger charge is 2.36. The number of amides is 1. The molecule has 1 unspecified atom stereocenters. The average Bonchev–Trinajstić information content (AvgIpc) is 3.18. The number of carbonyl (C=O) groups is 1. The molecule has 2 aromatic rings. The van der Waals surface area contributed by atoms with Crippen LogP contribution in [0.15, 0.2) is 47.4 Å². The second-order valence-corrected chi connectivity index (χ2v) is 8.80. The molecule has 6 nitrogen and oxygen atoms in total. The zero-order chi connectivity index (χ0) is 19.0. The standard InChI is InChI=1S/C20H22N2O4S/c1-26-16-7-4-14(5-8-16)19-3-2-12-22(19)27(24,25)17-9-10-18-15(13-17)6-11-20(23)21-18/h4-5,7-10,13,19H,2-3,6,11-12H2,1H3,(H,21,23). The van der Waals surface area contributed by atoms with E-state index in [1.165, 1.54) is 0 Å². The highest BCUT2D eigenvalue weighted by Crippen LogP contribution is 2.38. The number of rotatable bonds is 4. The van der Waals surface area contributed by atoms with Gasteiger partial charge in [0, 0.05) is 18.7 Å². The summed E-state index contributed by atoms with van der Waals surface area (Å²) in [6, 6.07) is 12.4. The van der Waals surface area contributed by atoms with Gasteiger partial charge in [-0.25, -0.2) is 8.42 Å². The van der Waals surface area contributed by atoms with Crippen molar-refractivity contribution in [1.29, 1.82) is 0 Å². The molecular weight excluding hydrogens is 364 g/mol. The van der Waals surface area contributed by atoms with E-state index >= 15 is 0 Å². The number of hydrogen-bond donors (Lipinski definition) is 1. The molecule has 1 atom stereocenters. The first kappa shape index (κ1) is 18.0. The minimum atomic E-state index is -3.61. The van der Waals surface area contributed by atoms with Crippen LogP contribution in [0.5, 0.6) is 5.75 Å².